The number of nitrogens with zero attached hydrogens (tertiary/aromatic N) is 2. The van der Waals surface area contributed by atoms with Crippen LogP contribution >= 0.6 is 0 Å². The van der Waals surface area contributed by atoms with Gasteiger partial charge in [-0.25, -0.2) is 4.39 Å². The van der Waals surface area contributed by atoms with Crippen molar-refractivity contribution in [2.45, 2.75) is 6.10 Å². The summed E-state index contributed by atoms with van der Waals surface area (Å²) in [6, 6.07) is 4.17. The molecule has 0 radical (unpaired) electrons. The van der Waals surface area contributed by atoms with E-state index in [0.29, 0.717) is 31.3 Å². The Morgan fingerprint density at radius 3 is 3.00 bits per heavy atom. The van der Waals surface area contributed by atoms with Crippen molar-refractivity contribution in [1.29, 1.82) is 0 Å². The average Bonchev–Trinajstić information content (AvgIpc) is 2.92. The van der Waals surface area contributed by atoms with E-state index in [9.17, 15) is 4.39 Å². The lowest BCUT2D eigenvalue weighted by atomic mass is 10.2. The second kappa shape index (κ2) is 4.94. The van der Waals surface area contributed by atoms with Crippen LogP contribution in [-0.2, 0) is 9.47 Å². The lowest BCUT2D eigenvalue weighted by molar-refractivity contribution is -0.0941. The molecule has 100 valence electrons. The van der Waals surface area contributed by atoms with Gasteiger partial charge in [0, 0.05) is 5.69 Å². The van der Waals surface area contributed by atoms with E-state index in [1.807, 2.05) is 0 Å². The maximum Gasteiger partial charge on any atom is 0.261 e. The molecule has 0 saturated carbocycles. The predicted molar refractivity (Wildman–Crippen MR) is 63.6 cm³/mol. The monoisotopic (exact) mass is 265 g/mol. The van der Waals surface area contributed by atoms with Gasteiger partial charge in [-0.05, 0) is 18.2 Å². The van der Waals surface area contributed by atoms with Gasteiger partial charge in [0.25, 0.3) is 5.89 Å². The molecule has 19 heavy (non-hydrogen) atoms. The van der Waals surface area contributed by atoms with Crippen molar-refractivity contribution < 1.29 is 18.4 Å². The van der Waals surface area contributed by atoms with Crippen LogP contribution in [0.2, 0.25) is 0 Å². The van der Waals surface area contributed by atoms with Crippen LogP contribution in [0, 0.1) is 5.82 Å². The summed E-state index contributed by atoms with van der Waals surface area (Å²) < 4.78 is 29.4. The number of anilines is 1. The minimum Gasteiger partial charge on any atom is -0.399 e. The summed E-state index contributed by atoms with van der Waals surface area (Å²) in [7, 11) is 0. The van der Waals surface area contributed by atoms with Crippen molar-refractivity contribution in [3.05, 3.63) is 29.8 Å². The molecular formula is C12H12FN3O3. The zero-order chi connectivity index (χ0) is 13.2. The number of halogens is 1. The Morgan fingerprint density at radius 1 is 1.32 bits per heavy atom. The molecule has 0 amide bonds. The van der Waals surface area contributed by atoms with E-state index in [2.05, 4.69) is 10.1 Å². The van der Waals surface area contributed by atoms with Crippen LogP contribution < -0.4 is 5.73 Å². The second-order valence-electron chi connectivity index (χ2n) is 4.13. The first-order valence-corrected chi connectivity index (χ1v) is 5.82. The van der Waals surface area contributed by atoms with Gasteiger partial charge in [0.15, 0.2) is 0 Å². The minimum absolute atomic E-state index is 0.0778. The number of benzene rings is 1. The third-order valence-electron chi connectivity index (χ3n) is 2.77. The van der Waals surface area contributed by atoms with Crippen LogP contribution in [0.15, 0.2) is 22.7 Å². The summed E-state index contributed by atoms with van der Waals surface area (Å²) in [5.74, 6) is -0.0456. The predicted octanol–water partition coefficient (Wildman–Crippen LogP) is 1.55. The second-order valence-corrected chi connectivity index (χ2v) is 4.13. The smallest absolute Gasteiger partial charge is 0.261 e. The fraction of sp³-hybridized carbons (Fsp3) is 0.333. The molecule has 1 saturated heterocycles. The molecule has 1 aliphatic rings. The Hall–Kier alpha value is -1.99. The van der Waals surface area contributed by atoms with Gasteiger partial charge >= 0.3 is 0 Å². The Balaban J connectivity index is 1.89. The number of ether oxygens (including phenoxy) is 2. The summed E-state index contributed by atoms with van der Waals surface area (Å²) >= 11 is 0. The van der Waals surface area contributed by atoms with Crippen molar-refractivity contribution in [2.24, 2.45) is 0 Å². The molecule has 1 aromatic heterocycles. The molecule has 0 bridgehead atoms. The van der Waals surface area contributed by atoms with Gasteiger partial charge in [-0.1, -0.05) is 5.16 Å². The van der Waals surface area contributed by atoms with Crippen molar-refractivity contribution in [1.82, 2.24) is 10.1 Å². The summed E-state index contributed by atoms with van der Waals surface area (Å²) in [5.41, 5.74) is 6.21. The van der Waals surface area contributed by atoms with Gasteiger partial charge < -0.3 is 19.7 Å². The maximum absolute atomic E-state index is 13.7. The summed E-state index contributed by atoms with van der Waals surface area (Å²) in [6.07, 6.45) is -0.379. The first-order chi connectivity index (χ1) is 9.24. The lowest BCUT2D eigenvalue weighted by Crippen LogP contribution is -2.22. The highest BCUT2D eigenvalue weighted by molar-refractivity contribution is 5.60. The van der Waals surface area contributed by atoms with E-state index in [4.69, 9.17) is 19.7 Å². The molecule has 7 heteroatoms. The SMILES string of the molecule is Nc1ccc(F)c(-c2nc(C3COCCO3)no2)c1. The molecular weight excluding hydrogens is 253 g/mol. The number of hydrogen-bond donors (Lipinski definition) is 1. The standard InChI is InChI=1S/C12H12FN3O3/c13-9-2-1-7(14)5-8(9)12-15-11(16-19-12)10-6-17-3-4-18-10/h1-2,5,10H,3-4,6,14H2. The minimum atomic E-state index is -0.467. The Labute approximate surface area is 108 Å². The summed E-state index contributed by atoms with van der Waals surface area (Å²) in [6.45, 7) is 1.38. The van der Waals surface area contributed by atoms with Crippen LogP contribution in [0.25, 0.3) is 11.5 Å². The Bertz CT molecular complexity index is 581. The summed E-state index contributed by atoms with van der Waals surface area (Å²) in [5, 5.41) is 3.79. The molecule has 2 aromatic rings. The van der Waals surface area contributed by atoms with E-state index < -0.39 is 5.82 Å². The van der Waals surface area contributed by atoms with Gasteiger partial charge in [0.2, 0.25) is 5.82 Å². The Kier molecular flexibility index (Phi) is 3.14. The van der Waals surface area contributed by atoms with E-state index in [1.54, 1.807) is 0 Å². The quantitative estimate of drug-likeness (QED) is 0.829. The molecule has 0 spiro atoms. The molecule has 1 unspecified atom stereocenters. The third-order valence-corrected chi connectivity index (χ3v) is 2.77. The van der Waals surface area contributed by atoms with Crippen molar-refractivity contribution >= 4 is 5.69 Å². The highest BCUT2D eigenvalue weighted by Gasteiger charge is 2.23. The molecule has 3 rings (SSSR count). The average molecular weight is 265 g/mol. The van der Waals surface area contributed by atoms with Crippen LogP contribution in [0.4, 0.5) is 10.1 Å². The van der Waals surface area contributed by atoms with Gasteiger partial charge in [0.1, 0.15) is 11.9 Å². The summed E-state index contributed by atoms with van der Waals surface area (Å²) in [4.78, 5) is 4.13. The zero-order valence-electron chi connectivity index (χ0n) is 10.0. The topological polar surface area (TPSA) is 83.4 Å². The molecule has 6 nitrogen and oxygen atoms in total. The zero-order valence-corrected chi connectivity index (χ0v) is 10.0. The fourth-order valence-corrected chi connectivity index (χ4v) is 1.82. The highest BCUT2D eigenvalue weighted by atomic mass is 19.1. The highest BCUT2D eigenvalue weighted by Crippen LogP contribution is 2.26. The maximum atomic E-state index is 13.7. The lowest BCUT2D eigenvalue weighted by Gasteiger charge is -2.19. The van der Waals surface area contributed by atoms with E-state index in [0.717, 1.165) is 0 Å². The number of nitrogen functional groups attached to an aromatic ring is 1. The van der Waals surface area contributed by atoms with Crippen molar-refractivity contribution in [3.63, 3.8) is 0 Å². The third kappa shape index (κ3) is 2.42. The largest absolute Gasteiger partial charge is 0.399 e. The van der Waals surface area contributed by atoms with Crippen LogP contribution in [0.3, 0.4) is 0 Å². The number of aromatic nitrogens is 2. The number of hydrogen-bond acceptors (Lipinski definition) is 6. The van der Waals surface area contributed by atoms with Crippen LogP contribution in [0.1, 0.15) is 11.9 Å². The normalized spacial score (nSPS) is 19.5. The van der Waals surface area contributed by atoms with Crippen molar-refractivity contribution in [3.8, 4) is 11.5 Å². The first kappa shape index (κ1) is 12.1. The number of nitrogens with two attached hydrogens (primary N) is 1. The van der Waals surface area contributed by atoms with E-state index in [-0.39, 0.29) is 17.6 Å². The molecule has 2 heterocycles. The molecule has 1 aliphatic heterocycles. The van der Waals surface area contributed by atoms with Gasteiger partial charge in [0.05, 0.1) is 25.4 Å². The van der Waals surface area contributed by atoms with E-state index >= 15 is 0 Å². The van der Waals surface area contributed by atoms with E-state index in [1.165, 1.54) is 18.2 Å². The molecule has 1 fully saturated rings. The molecule has 2 N–H and O–H groups in total. The fourth-order valence-electron chi connectivity index (χ4n) is 1.82. The van der Waals surface area contributed by atoms with Gasteiger partial charge in [-0.15, -0.1) is 0 Å². The molecule has 0 aliphatic carbocycles. The van der Waals surface area contributed by atoms with Crippen molar-refractivity contribution in [2.75, 3.05) is 25.6 Å². The van der Waals surface area contributed by atoms with Crippen LogP contribution in [0.5, 0.6) is 0 Å². The van der Waals surface area contributed by atoms with Gasteiger partial charge in [-0.2, -0.15) is 4.98 Å². The molecule has 1 atom stereocenters. The van der Waals surface area contributed by atoms with Crippen LogP contribution in [-0.4, -0.2) is 30.0 Å². The Morgan fingerprint density at radius 2 is 2.21 bits per heavy atom. The number of rotatable bonds is 2. The first-order valence-electron chi connectivity index (χ1n) is 5.82. The molecule has 1 aromatic carbocycles. The van der Waals surface area contributed by atoms with Gasteiger partial charge in [-0.3, -0.25) is 0 Å².